The van der Waals surface area contributed by atoms with Crippen molar-refractivity contribution < 1.29 is 9.53 Å². The van der Waals surface area contributed by atoms with Gasteiger partial charge in [-0.1, -0.05) is 32.0 Å². The number of likely N-dealkylation sites (tertiary alicyclic amines) is 1. The minimum Gasteiger partial charge on any atom is -0.496 e. The summed E-state index contributed by atoms with van der Waals surface area (Å²) >= 11 is 0. The van der Waals surface area contributed by atoms with E-state index in [1.807, 2.05) is 17.0 Å². The summed E-state index contributed by atoms with van der Waals surface area (Å²) in [4.78, 5) is 14.3. The molecular formula is C19H31ClN2O2. The van der Waals surface area contributed by atoms with Gasteiger partial charge >= 0.3 is 0 Å². The number of nitrogens with zero attached hydrogens (tertiary/aromatic N) is 1. The molecular weight excluding hydrogens is 324 g/mol. The second-order valence-corrected chi connectivity index (χ2v) is 7.02. The number of carbonyl (C=O) groups is 1. The number of benzene rings is 1. The fourth-order valence-corrected chi connectivity index (χ4v) is 3.38. The standard InChI is InChI=1S/C19H30N2O2.ClH/c1-14(2)12-17(20)19(22)21-10-8-15(9-11-21)13-16-6-4-5-7-18(16)23-3;/h4-7,14-15,17H,8-13,20H2,1-3H3;1H/t17-;/m0./s1. The van der Waals surface area contributed by atoms with E-state index in [1.165, 1.54) is 5.56 Å². The number of ether oxygens (including phenoxy) is 1. The Kier molecular flexibility index (Phi) is 8.57. The molecule has 1 amide bonds. The fourth-order valence-electron chi connectivity index (χ4n) is 3.38. The Morgan fingerprint density at radius 1 is 1.29 bits per heavy atom. The molecule has 1 heterocycles. The first kappa shape index (κ1) is 20.8. The highest BCUT2D eigenvalue weighted by Gasteiger charge is 2.27. The van der Waals surface area contributed by atoms with E-state index >= 15 is 0 Å². The topological polar surface area (TPSA) is 55.6 Å². The van der Waals surface area contributed by atoms with Gasteiger partial charge in [-0.05, 0) is 49.1 Å². The number of amides is 1. The van der Waals surface area contributed by atoms with E-state index in [4.69, 9.17) is 10.5 Å². The molecule has 2 N–H and O–H groups in total. The van der Waals surface area contributed by atoms with Gasteiger partial charge in [-0.3, -0.25) is 4.79 Å². The number of piperidine rings is 1. The number of rotatable bonds is 6. The van der Waals surface area contributed by atoms with Crippen LogP contribution in [0.1, 0.15) is 38.7 Å². The van der Waals surface area contributed by atoms with E-state index in [2.05, 4.69) is 26.0 Å². The van der Waals surface area contributed by atoms with Crippen molar-refractivity contribution in [1.29, 1.82) is 0 Å². The SMILES string of the molecule is COc1ccccc1CC1CCN(C(=O)[C@@H](N)CC(C)C)CC1.Cl. The summed E-state index contributed by atoms with van der Waals surface area (Å²) in [5.74, 6) is 2.15. The normalized spacial score (nSPS) is 16.6. The number of hydrogen-bond donors (Lipinski definition) is 1. The van der Waals surface area contributed by atoms with E-state index in [0.717, 1.165) is 44.5 Å². The molecule has 0 spiro atoms. The summed E-state index contributed by atoms with van der Waals surface area (Å²) in [7, 11) is 1.72. The van der Waals surface area contributed by atoms with Crippen LogP contribution in [0.15, 0.2) is 24.3 Å². The Bertz CT molecular complexity index is 514. The molecule has 0 unspecified atom stereocenters. The molecule has 1 aliphatic heterocycles. The van der Waals surface area contributed by atoms with Crippen molar-refractivity contribution in [1.82, 2.24) is 4.90 Å². The van der Waals surface area contributed by atoms with Crippen molar-refractivity contribution in [3.05, 3.63) is 29.8 Å². The highest BCUT2D eigenvalue weighted by molar-refractivity contribution is 5.85. The average Bonchev–Trinajstić information content (AvgIpc) is 2.55. The summed E-state index contributed by atoms with van der Waals surface area (Å²) in [6, 6.07) is 7.86. The molecule has 0 aliphatic carbocycles. The van der Waals surface area contributed by atoms with Crippen LogP contribution in [-0.2, 0) is 11.2 Å². The summed E-state index contributed by atoms with van der Waals surface area (Å²) in [6.45, 7) is 5.86. The molecule has 1 aliphatic rings. The van der Waals surface area contributed by atoms with Crippen molar-refractivity contribution in [2.45, 2.75) is 45.6 Å². The number of para-hydroxylation sites is 1. The molecule has 0 saturated carbocycles. The number of halogens is 1. The van der Waals surface area contributed by atoms with Gasteiger partial charge in [-0.15, -0.1) is 12.4 Å². The van der Waals surface area contributed by atoms with E-state index in [1.54, 1.807) is 7.11 Å². The van der Waals surface area contributed by atoms with Crippen molar-refractivity contribution in [3.8, 4) is 5.75 Å². The van der Waals surface area contributed by atoms with Crippen LogP contribution in [-0.4, -0.2) is 37.0 Å². The second-order valence-electron chi connectivity index (χ2n) is 7.02. The highest BCUT2D eigenvalue weighted by Crippen LogP contribution is 2.27. The summed E-state index contributed by atoms with van der Waals surface area (Å²) in [5, 5.41) is 0. The summed E-state index contributed by atoms with van der Waals surface area (Å²) in [6.07, 6.45) is 3.86. The molecule has 1 aromatic carbocycles. The van der Waals surface area contributed by atoms with Crippen LogP contribution in [0, 0.1) is 11.8 Å². The third-order valence-electron chi connectivity index (χ3n) is 4.67. The van der Waals surface area contributed by atoms with Crippen LogP contribution in [0.2, 0.25) is 0 Å². The minimum atomic E-state index is -0.347. The van der Waals surface area contributed by atoms with Crippen molar-refractivity contribution >= 4 is 18.3 Å². The molecule has 1 fully saturated rings. The predicted molar refractivity (Wildman–Crippen MR) is 101 cm³/mol. The Hall–Kier alpha value is -1.26. The van der Waals surface area contributed by atoms with E-state index < -0.39 is 0 Å². The van der Waals surface area contributed by atoms with Gasteiger partial charge in [0.15, 0.2) is 0 Å². The maximum atomic E-state index is 12.4. The van der Waals surface area contributed by atoms with Crippen LogP contribution in [0.25, 0.3) is 0 Å². The molecule has 2 rings (SSSR count). The first-order valence-electron chi connectivity index (χ1n) is 8.67. The molecule has 0 bridgehead atoms. The number of methoxy groups -OCH3 is 1. The third kappa shape index (κ3) is 5.67. The zero-order valence-electron chi connectivity index (χ0n) is 15.0. The average molecular weight is 355 g/mol. The Labute approximate surface area is 152 Å². The molecule has 4 nitrogen and oxygen atoms in total. The van der Waals surface area contributed by atoms with E-state index in [-0.39, 0.29) is 24.4 Å². The first-order chi connectivity index (χ1) is 11.0. The lowest BCUT2D eigenvalue weighted by molar-refractivity contribution is -0.134. The molecule has 0 radical (unpaired) electrons. The Morgan fingerprint density at radius 2 is 1.92 bits per heavy atom. The molecule has 0 aromatic heterocycles. The van der Waals surface area contributed by atoms with Gasteiger partial charge < -0.3 is 15.4 Å². The quantitative estimate of drug-likeness (QED) is 0.853. The third-order valence-corrected chi connectivity index (χ3v) is 4.67. The predicted octanol–water partition coefficient (Wildman–Crippen LogP) is 3.27. The first-order valence-corrected chi connectivity index (χ1v) is 8.67. The van der Waals surface area contributed by atoms with Gasteiger partial charge in [0.2, 0.25) is 5.91 Å². The van der Waals surface area contributed by atoms with Crippen LogP contribution < -0.4 is 10.5 Å². The van der Waals surface area contributed by atoms with Crippen molar-refractivity contribution in [2.24, 2.45) is 17.6 Å². The van der Waals surface area contributed by atoms with E-state index in [0.29, 0.717) is 11.8 Å². The minimum absolute atomic E-state index is 0. The second kappa shape index (κ2) is 9.90. The van der Waals surface area contributed by atoms with Gasteiger partial charge in [0.1, 0.15) is 5.75 Å². The number of nitrogens with two attached hydrogens (primary N) is 1. The fraction of sp³-hybridized carbons (Fsp3) is 0.632. The van der Waals surface area contributed by atoms with Crippen LogP contribution in [0.5, 0.6) is 5.75 Å². The highest BCUT2D eigenvalue weighted by atomic mass is 35.5. The van der Waals surface area contributed by atoms with Crippen molar-refractivity contribution in [2.75, 3.05) is 20.2 Å². The lowest BCUT2D eigenvalue weighted by atomic mass is 9.89. The largest absolute Gasteiger partial charge is 0.496 e. The smallest absolute Gasteiger partial charge is 0.239 e. The zero-order valence-corrected chi connectivity index (χ0v) is 15.8. The maximum absolute atomic E-state index is 12.4. The maximum Gasteiger partial charge on any atom is 0.239 e. The van der Waals surface area contributed by atoms with Gasteiger partial charge in [0.05, 0.1) is 13.2 Å². The molecule has 1 aromatic rings. The van der Waals surface area contributed by atoms with Gasteiger partial charge in [-0.25, -0.2) is 0 Å². The lowest BCUT2D eigenvalue weighted by Gasteiger charge is -2.34. The van der Waals surface area contributed by atoms with Crippen LogP contribution in [0.3, 0.4) is 0 Å². The van der Waals surface area contributed by atoms with Gasteiger partial charge in [0.25, 0.3) is 0 Å². The summed E-state index contributed by atoms with van der Waals surface area (Å²) < 4.78 is 5.43. The zero-order chi connectivity index (χ0) is 16.8. The number of hydrogen-bond acceptors (Lipinski definition) is 3. The lowest BCUT2D eigenvalue weighted by Crippen LogP contribution is -2.47. The van der Waals surface area contributed by atoms with Crippen molar-refractivity contribution in [3.63, 3.8) is 0 Å². The molecule has 136 valence electrons. The van der Waals surface area contributed by atoms with Gasteiger partial charge in [-0.2, -0.15) is 0 Å². The summed E-state index contributed by atoms with van der Waals surface area (Å²) in [5.41, 5.74) is 7.30. The van der Waals surface area contributed by atoms with Crippen LogP contribution in [0.4, 0.5) is 0 Å². The van der Waals surface area contributed by atoms with Gasteiger partial charge in [0, 0.05) is 13.1 Å². The van der Waals surface area contributed by atoms with Crippen LogP contribution >= 0.6 is 12.4 Å². The van der Waals surface area contributed by atoms with E-state index in [9.17, 15) is 4.79 Å². The molecule has 5 heteroatoms. The molecule has 24 heavy (non-hydrogen) atoms. The molecule has 1 saturated heterocycles. The monoisotopic (exact) mass is 354 g/mol. The Balaban J connectivity index is 0.00000288. The molecule has 1 atom stereocenters. The number of carbonyl (C=O) groups excluding carboxylic acids is 1. The Morgan fingerprint density at radius 3 is 2.50 bits per heavy atom.